The van der Waals surface area contributed by atoms with E-state index in [0.717, 1.165) is 16.0 Å². The Morgan fingerprint density at radius 2 is 2.42 bits per heavy atom. The highest BCUT2D eigenvalue weighted by atomic mass is 79.9. The van der Waals surface area contributed by atoms with Crippen LogP contribution >= 0.6 is 15.9 Å². The van der Waals surface area contributed by atoms with Crippen molar-refractivity contribution in [1.82, 2.24) is 20.0 Å². The molecule has 2 aromatic rings. The van der Waals surface area contributed by atoms with Gasteiger partial charge in [0.25, 0.3) is 0 Å². The third kappa shape index (κ3) is 1.27. The lowest BCUT2D eigenvalue weighted by Crippen LogP contribution is -1.93. The summed E-state index contributed by atoms with van der Waals surface area (Å²) in [6.45, 7) is 1.95. The van der Waals surface area contributed by atoms with Crippen LogP contribution in [-0.2, 0) is 0 Å². The van der Waals surface area contributed by atoms with Gasteiger partial charge in [-0.15, -0.1) is 0 Å². The summed E-state index contributed by atoms with van der Waals surface area (Å²) >= 11 is 3.31. The number of nitrogens with one attached hydrogen (secondary N) is 1. The van der Waals surface area contributed by atoms with Crippen LogP contribution < -0.4 is 0 Å². The van der Waals surface area contributed by atoms with Gasteiger partial charge in [0.2, 0.25) is 0 Å². The zero-order valence-corrected chi connectivity index (χ0v) is 8.04. The molecule has 5 heteroatoms. The zero-order chi connectivity index (χ0) is 8.55. The van der Waals surface area contributed by atoms with Gasteiger partial charge < -0.3 is 0 Å². The average molecular weight is 227 g/mol. The molecule has 4 nitrogen and oxygen atoms in total. The summed E-state index contributed by atoms with van der Waals surface area (Å²) in [7, 11) is 0. The van der Waals surface area contributed by atoms with Crippen LogP contribution in [0.1, 0.15) is 5.69 Å². The highest BCUT2D eigenvalue weighted by Gasteiger charge is 2.01. The van der Waals surface area contributed by atoms with E-state index in [1.807, 2.05) is 19.2 Å². The molecule has 2 aromatic heterocycles. The number of rotatable bonds is 1. The topological polar surface area (TPSA) is 46.5 Å². The molecule has 0 spiro atoms. The van der Waals surface area contributed by atoms with Gasteiger partial charge in [0, 0.05) is 18.0 Å². The zero-order valence-electron chi connectivity index (χ0n) is 6.45. The van der Waals surface area contributed by atoms with Crippen molar-refractivity contribution in [2.24, 2.45) is 0 Å². The Hall–Kier alpha value is -1.10. The first-order valence-electron chi connectivity index (χ1n) is 3.48. The predicted octanol–water partition coefficient (Wildman–Crippen LogP) is 1.67. The fraction of sp³-hybridized carbons (Fsp3) is 0.143. The molecule has 0 saturated carbocycles. The summed E-state index contributed by atoms with van der Waals surface area (Å²) in [4.78, 5) is 0. The highest BCUT2D eigenvalue weighted by molar-refractivity contribution is 9.10. The van der Waals surface area contributed by atoms with Gasteiger partial charge in [-0.25, -0.2) is 4.68 Å². The van der Waals surface area contributed by atoms with Crippen LogP contribution in [0.2, 0.25) is 0 Å². The lowest BCUT2D eigenvalue weighted by molar-refractivity contribution is 0.835. The molecular weight excluding hydrogens is 220 g/mol. The molecule has 0 aliphatic rings. The minimum atomic E-state index is 0.804. The number of H-pyrrole nitrogens is 1. The van der Waals surface area contributed by atoms with Gasteiger partial charge in [-0.05, 0) is 22.9 Å². The standard InChI is InChI=1S/C7H7BrN4/c1-5-2-7(11-10-5)12-4-6(8)3-9-12/h2-4H,1H3,(H,10,11). The SMILES string of the molecule is Cc1cc(-n2cc(Br)cn2)n[nH]1. The van der Waals surface area contributed by atoms with Gasteiger partial charge >= 0.3 is 0 Å². The largest absolute Gasteiger partial charge is 0.281 e. The molecule has 0 bridgehead atoms. The second-order valence-corrected chi connectivity index (χ2v) is 3.43. The molecule has 2 heterocycles. The Balaban J connectivity index is 2.43. The second-order valence-electron chi connectivity index (χ2n) is 2.51. The van der Waals surface area contributed by atoms with Crippen molar-refractivity contribution in [3.8, 4) is 5.82 Å². The molecule has 0 unspecified atom stereocenters. The number of aryl methyl sites for hydroxylation is 1. The molecule has 0 saturated heterocycles. The number of halogens is 1. The maximum absolute atomic E-state index is 4.09. The number of hydrogen-bond donors (Lipinski definition) is 1. The molecule has 0 radical (unpaired) electrons. The van der Waals surface area contributed by atoms with E-state index in [2.05, 4.69) is 31.2 Å². The van der Waals surface area contributed by atoms with Crippen molar-refractivity contribution >= 4 is 15.9 Å². The highest BCUT2D eigenvalue weighted by Crippen LogP contribution is 2.10. The molecule has 0 aromatic carbocycles. The van der Waals surface area contributed by atoms with Gasteiger partial charge in [0.05, 0.1) is 10.7 Å². The summed E-state index contributed by atoms with van der Waals surface area (Å²) in [5, 5.41) is 11.0. The predicted molar refractivity (Wildman–Crippen MR) is 48.1 cm³/mol. The monoisotopic (exact) mass is 226 g/mol. The van der Waals surface area contributed by atoms with E-state index >= 15 is 0 Å². The molecule has 0 fully saturated rings. The molecule has 2 rings (SSSR count). The van der Waals surface area contributed by atoms with E-state index in [0.29, 0.717) is 0 Å². The summed E-state index contributed by atoms with van der Waals surface area (Å²) < 4.78 is 2.65. The van der Waals surface area contributed by atoms with E-state index in [1.54, 1.807) is 10.9 Å². The molecule has 0 aliphatic carbocycles. The van der Waals surface area contributed by atoms with E-state index in [4.69, 9.17) is 0 Å². The second kappa shape index (κ2) is 2.75. The molecule has 12 heavy (non-hydrogen) atoms. The van der Waals surface area contributed by atoms with Crippen LogP contribution in [0.25, 0.3) is 5.82 Å². The first-order chi connectivity index (χ1) is 5.75. The van der Waals surface area contributed by atoms with Crippen LogP contribution in [0, 0.1) is 6.92 Å². The van der Waals surface area contributed by atoms with Gasteiger partial charge in [-0.3, -0.25) is 5.10 Å². The number of aromatic amines is 1. The minimum Gasteiger partial charge on any atom is -0.281 e. The van der Waals surface area contributed by atoms with E-state index in [1.165, 1.54) is 0 Å². The Morgan fingerprint density at radius 1 is 1.58 bits per heavy atom. The Bertz CT molecular complexity index is 351. The van der Waals surface area contributed by atoms with Crippen LogP contribution in [0.5, 0.6) is 0 Å². The van der Waals surface area contributed by atoms with Crippen molar-refractivity contribution < 1.29 is 0 Å². The Morgan fingerprint density at radius 3 is 2.92 bits per heavy atom. The summed E-state index contributed by atoms with van der Waals surface area (Å²) in [5.74, 6) is 0.804. The van der Waals surface area contributed by atoms with Crippen molar-refractivity contribution in [2.45, 2.75) is 6.92 Å². The van der Waals surface area contributed by atoms with E-state index < -0.39 is 0 Å². The first-order valence-corrected chi connectivity index (χ1v) is 4.27. The summed E-state index contributed by atoms with van der Waals surface area (Å²) in [6, 6.07) is 1.93. The summed E-state index contributed by atoms with van der Waals surface area (Å²) in [6.07, 6.45) is 3.58. The molecule has 0 amide bonds. The van der Waals surface area contributed by atoms with Crippen molar-refractivity contribution in [3.05, 3.63) is 28.6 Å². The van der Waals surface area contributed by atoms with Crippen molar-refractivity contribution in [3.63, 3.8) is 0 Å². The van der Waals surface area contributed by atoms with Gasteiger partial charge in [0.1, 0.15) is 0 Å². The third-order valence-electron chi connectivity index (χ3n) is 1.48. The normalized spacial score (nSPS) is 10.5. The van der Waals surface area contributed by atoms with Crippen LogP contribution in [0.15, 0.2) is 22.9 Å². The van der Waals surface area contributed by atoms with Crippen molar-refractivity contribution in [2.75, 3.05) is 0 Å². The van der Waals surface area contributed by atoms with E-state index in [9.17, 15) is 0 Å². The van der Waals surface area contributed by atoms with Crippen molar-refractivity contribution in [1.29, 1.82) is 0 Å². The molecule has 0 aliphatic heterocycles. The Kier molecular flexibility index (Phi) is 1.73. The lowest BCUT2D eigenvalue weighted by Gasteiger charge is -1.90. The molecule has 0 atom stereocenters. The molecule has 1 N–H and O–H groups in total. The van der Waals surface area contributed by atoms with Crippen LogP contribution in [0.4, 0.5) is 0 Å². The van der Waals surface area contributed by atoms with E-state index in [-0.39, 0.29) is 0 Å². The Labute approximate surface area is 77.7 Å². The quantitative estimate of drug-likeness (QED) is 0.805. The number of nitrogens with zero attached hydrogens (tertiary/aromatic N) is 3. The maximum atomic E-state index is 4.09. The fourth-order valence-electron chi connectivity index (χ4n) is 0.947. The first kappa shape index (κ1) is 7.54. The summed E-state index contributed by atoms with van der Waals surface area (Å²) in [5.41, 5.74) is 1.02. The van der Waals surface area contributed by atoms with Gasteiger partial charge in [-0.2, -0.15) is 10.2 Å². The number of hydrogen-bond acceptors (Lipinski definition) is 2. The fourth-order valence-corrected chi connectivity index (χ4v) is 1.23. The third-order valence-corrected chi connectivity index (χ3v) is 1.89. The smallest absolute Gasteiger partial charge is 0.175 e. The van der Waals surface area contributed by atoms with Gasteiger partial charge in [0.15, 0.2) is 5.82 Å². The maximum Gasteiger partial charge on any atom is 0.175 e. The van der Waals surface area contributed by atoms with Crippen LogP contribution in [-0.4, -0.2) is 20.0 Å². The molecule has 62 valence electrons. The minimum absolute atomic E-state index is 0.804. The number of aromatic nitrogens is 4. The lowest BCUT2D eigenvalue weighted by atomic mass is 10.5. The van der Waals surface area contributed by atoms with Gasteiger partial charge in [-0.1, -0.05) is 0 Å². The van der Waals surface area contributed by atoms with Crippen LogP contribution in [0.3, 0.4) is 0 Å². The average Bonchev–Trinajstić information content (AvgIpc) is 2.58. The molecular formula is C7H7BrN4.